The van der Waals surface area contributed by atoms with Gasteiger partial charge in [-0.1, -0.05) is 0 Å². The fourth-order valence-corrected chi connectivity index (χ4v) is 3.80. The Morgan fingerprint density at radius 2 is 1.85 bits per heavy atom. The van der Waals surface area contributed by atoms with Crippen LogP contribution in [0.1, 0.15) is 55.9 Å². The van der Waals surface area contributed by atoms with Crippen LogP contribution in [0.4, 0.5) is 5.82 Å². The normalized spacial score (nSPS) is 17.7. The van der Waals surface area contributed by atoms with Crippen molar-refractivity contribution in [3.8, 4) is 5.82 Å². The van der Waals surface area contributed by atoms with Crippen LogP contribution in [0.3, 0.4) is 0 Å². The summed E-state index contributed by atoms with van der Waals surface area (Å²) in [6.45, 7) is 10.2. The first-order valence-corrected chi connectivity index (χ1v) is 9.54. The molecule has 0 spiro atoms. The molecule has 0 radical (unpaired) electrons. The van der Waals surface area contributed by atoms with Gasteiger partial charge in [-0.15, -0.1) is 20.4 Å². The highest BCUT2D eigenvalue weighted by atomic mass is 15.4. The van der Waals surface area contributed by atoms with Gasteiger partial charge in [-0.25, -0.2) is 4.68 Å². The van der Waals surface area contributed by atoms with Gasteiger partial charge in [0.25, 0.3) is 0 Å². The fourth-order valence-electron chi connectivity index (χ4n) is 3.80. The molecule has 0 saturated carbocycles. The highest BCUT2D eigenvalue weighted by Gasteiger charge is 2.27. The second kappa shape index (κ2) is 7.09. The minimum absolute atomic E-state index is 0.362. The maximum absolute atomic E-state index is 4.48. The van der Waals surface area contributed by atoms with Crippen molar-refractivity contribution in [3.63, 3.8) is 0 Å². The van der Waals surface area contributed by atoms with Crippen LogP contribution in [0.2, 0.25) is 0 Å². The molecule has 142 valence electrons. The largest absolute Gasteiger partial charge is 0.354 e. The predicted octanol–water partition coefficient (Wildman–Crippen LogP) is 2.84. The van der Waals surface area contributed by atoms with Crippen LogP contribution in [-0.2, 0) is 0 Å². The summed E-state index contributed by atoms with van der Waals surface area (Å²) in [5, 5.41) is 21.9. The predicted molar refractivity (Wildman–Crippen MR) is 103 cm³/mol. The van der Waals surface area contributed by atoms with Gasteiger partial charge in [0.2, 0.25) is 0 Å². The molecule has 8 heteroatoms. The maximum atomic E-state index is 4.48. The zero-order chi connectivity index (χ0) is 19.0. The summed E-state index contributed by atoms with van der Waals surface area (Å²) >= 11 is 0. The molecule has 1 fully saturated rings. The highest BCUT2D eigenvalue weighted by Crippen LogP contribution is 2.29. The molecule has 3 aromatic rings. The summed E-state index contributed by atoms with van der Waals surface area (Å²) in [5.74, 6) is 3.08. The third kappa shape index (κ3) is 3.43. The standard InChI is InChI=1S/C19H26N8/c1-13(2)26-12-20-23-19(26)16-6-5-9-25(11-16)17-7-8-18(22-21-17)27-15(4)10-14(3)24-27/h7-8,10,12-13,16H,5-6,9,11H2,1-4H3. The van der Waals surface area contributed by atoms with E-state index in [0.29, 0.717) is 12.0 Å². The lowest BCUT2D eigenvalue weighted by Crippen LogP contribution is -2.36. The smallest absolute Gasteiger partial charge is 0.176 e. The zero-order valence-corrected chi connectivity index (χ0v) is 16.4. The molecular formula is C19H26N8. The van der Waals surface area contributed by atoms with Crippen molar-refractivity contribution in [1.82, 2.24) is 34.7 Å². The quantitative estimate of drug-likeness (QED) is 0.707. The van der Waals surface area contributed by atoms with Gasteiger partial charge in [0.1, 0.15) is 12.2 Å². The Bertz CT molecular complexity index is 908. The lowest BCUT2D eigenvalue weighted by molar-refractivity contribution is 0.452. The second-order valence-corrected chi connectivity index (χ2v) is 7.56. The molecule has 1 aliphatic heterocycles. The average Bonchev–Trinajstić information content (AvgIpc) is 3.28. The molecule has 1 saturated heterocycles. The third-order valence-electron chi connectivity index (χ3n) is 5.13. The lowest BCUT2D eigenvalue weighted by Gasteiger charge is -2.33. The van der Waals surface area contributed by atoms with E-state index >= 15 is 0 Å². The van der Waals surface area contributed by atoms with E-state index in [1.54, 1.807) is 0 Å². The van der Waals surface area contributed by atoms with E-state index < -0.39 is 0 Å². The Morgan fingerprint density at radius 1 is 1.07 bits per heavy atom. The second-order valence-electron chi connectivity index (χ2n) is 7.56. The van der Waals surface area contributed by atoms with Crippen LogP contribution in [0.5, 0.6) is 0 Å². The molecule has 1 atom stereocenters. The van der Waals surface area contributed by atoms with Gasteiger partial charge in [-0.3, -0.25) is 0 Å². The van der Waals surface area contributed by atoms with Crippen molar-refractivity contribution in [2.24, 2.45) is 0 Å². The summed E-state index contributed by atoms with van der Waals surface area (Å²) in [6.07, 6.45) is 4.07. The van der Waals surface area contributed by atoms with Crippen LogP contribution in [0.15, 0.2) is 24.5 Å². The van der Waals surface area contributed by atoms with Crippen molar-refractivity contribution < 1.29 is 0 Å². The molecule has 3 aromatic heterocycles. The van der Waals surface area contributed by atoms with Crippen molar-refractivity contribution in [3.05, 3.63) is 41.7 Å². The fraction of sp³-hybridized carbons (Fsp3) is 0.526. The van der Waals surface area contributed by atoms with Crippen molar-refractivity contribution in [2.45, 2.75) is 52.5 Å². The van der Waals surface area contributed by atoms with Gasteiger partial charge in [-0.2, -0.15) is 5.10 Å². The first-order chi connectivity index (χ1) is 13.0. The topological polar surface area (TPSA) is 77.5 Å². The number of hydrogen-bond acceptors (Lipinski definition) is 6. The number of nitrogens with zero attached hydrogens (tertiary/aromatic N) is 8. The van der Waals surface area contributed by atoms with Crippen molar-refractivity contribution >= 4 is 5.82 Å². The Hall–Kier alpha value is -2.77. The maximum Gasteiger partial charge on any atom is 0.176 e. The van der Waals surface area contributed by atoms with Crippen LogP contribution in [0.25, 0.3) is 5.82 Å². The van der Waals surface area contributed by atoms with Gasteiger partial charge >= 0.3 is 0 Å². The Morgan fingerprint density at radius 3 is 2.52 bits per heavy atom. The van der Waals surface area contributed by atoms with Crippen LogP contribution in [0, 0.1) is 13.8 Å². The summed E-state index contributed by atoms with van der Waals surface area (Å²) < 4.78 is 4.00. The monoisotopic (exact) mass is 366 g/mol. The molecule has 0 aromatic carbocycles. The van der Waals surface area contributed by atoms with Crippen molar-refractivity contribution in [1.29, 1.82) is 0 Å². The first kappa shape index (κ1) is 17.6. The van der Waals surface area contributed by atoms with E-state index in [9.17, 15) is 0 Å². The molecule has 0 aliphatic carbocycles. The number of rotatable bonds is 4. The van der Waals surface area contributed by atoms with E-state index in [-0.39, 0.29) is 0 Å². The van der Waals surface area contributed by atoms with E-state index in [1.165, 1.54) is 0 Å². The van der Waals surface area contributed by atoms with Crippen LogP contribution in [-0.4, -0.2) is 47.8 Å². The molecule has 0 amide bonds. The summed E-state index contributed by atoms with van der Waals surface area (Å²) in [7, 11) is 0. The minimum atomic E-state index is 0.362. The van der Waals surface area contributed by atoms with Gasteiger partial charge in [0.15, 0.2) is 11.6 Å². The molecule has 0 bridgehead atoms. The highest BCUT2D eigenvalue weighted by molar-refractivity contribution is 5.41. The molecule has 4 heterocycles. The van der Waals surface area contributed by atoms with E-state index in [4.69, 9.17) is 0 Å². The van der Waals surface area contributed by atoms with E-state index in [2.05, 4.69) is 48.8 Å². The molecule has 27 heavy (non-hydrogen) atoms. The minimum Gasteiger partial charge on any atom is -0.354 e. The summed E-state index contributed by atoms with van der Waals surface area (Å²) in [5.41, 5.74) is 2.03. The number of anilines is 1. The third-order valence-corrected chi connectivity index (χ3v) is 5.13. The van der Waals surface area contributed by atoms with Crippen LogP contribution >= 0.6 is 0 Å². The molecular weight excluding hydrogens is 340 g/mol. The van der Waals surface area contributed by atoms with Gasteiger partial charge in [0, 0.05) is 30.7 Å². The number of aryl methyl sites for hydroxylation is 2. The van der Waals surface area contributed by atoms with Crippen molar-refractivity contribution in [2.75, 3.05) is 18.0 Å². The Labute approximate surface area is 159 Å². The average molecular weight is 366 g/mol. The number of piperidine rings is 1. The van der Waals surface area contributed by atoms with Gasteiger partial charge in [0.05, 0.1) is 5.69 Å². The molecule has 1 unspecified atom stereocenters. The molecule has 0 N–H and O–H groups in total. The lowest BCUT2D eigenvalue weighted by atomic mass is 9.97. The molecule has 8 nitrogen and oxygen atoms in total. The Balaban J connectivity index is 1.53. The number of hydrogen-bond donors (Lipinski definition) is 0. The number of aromatic nitrogens is 7. The van der Waals surface area contributed by atoms with E-state index in [0.717, 1.165) is 54.8 Å². The first-order valence-electron chi connectivity index (χ1n) is 9.54. The molecule has 4 rings (SSSR count). The summed E-state index contributed by atoms with van der Waals surface area (Å²) in [6, 6.07) is 6.43. The zero-order valence-electron chi connectivity index (χ0n) is 16.4. The summed E-state index contributed by atoms with van der Waals surface area (Å²) in [4.78, 5) is 2.30. The van der Waals surface area contributed by atoms with E-state index in [1.807, 2.05) is 43.1 Å². The van der Waals surface area contributed by atoms with Crippen LogP contribution < -0.4 is 4.90 Å². The van der Waals surface area contributed by atoms with Gasteiger partial charge in [-0.05, 0) is 58.7 Å². The SMILES string of the molecule is Cc1cc(C)n(-c2ccc(N3CCCC(c4nncn4C(C)C)C3)nn2)n1. The van der Waals surface area contributed by atoms with Gasteiger partial charge < -0.3 is 9.47 Å². The Kier molecular flexibility index (Phi) is 4.63. The molecule has 1 aliphatic rings.